The summed E-state index contributed by atoms with van der Waals surface area (Å²) in [4.78, 5) is 21.2. The van der Waals surface area contributed by atoms with E-state index >= 15 is 0 Å². The molecule has 0 radical (unpaired) electrons. The van der Waals surface area contributed by atoms with Gasteiger partial charge in [-0.25, -0.2) is 9.97 Å². The Labute approximate surface area is 173 Å². The second kappa shape index (κ2) is 7.97. The van der Waals surface area contributed by atoms with Crippen molar-refractivity contribution in [3.05, 3.63) is 58.7 Å². The number of aromatic nitrogens is 2. The summed E-state index contributed by atoms with van der Waals surface area (Å²) >= 11 is 6.08. The maximum atomic E-state index is 12.2. The van der Waals surface area contributed by atoms with Gasteiger partial charge in [-0.05, 0) is 35.9 Å². The lowest BCUT2D eigenvalue weighted by Crippen LogP contribution is -2.13. The maximum Gasteiger partial charge on any atom is 0.228 e. The zero-order valence-electron chi connectivity index (χ0n) is 16.0. The molecule has 0 aliphatic carbocycles. The molecule has 29 heavy (non-hydrogen) atoms. The highest BCUT2D eigenvalue weighted by Crippen LogP contribution is 2.34. The first-order valence-electron chi connectivity index (χ1n) is 8.98. The number of hydrogen-bond acceptors (Lipinski definition) is 6. The van der Waals surface area contributed by atoms with E-state index in [1.165, 1.54) is 0 Å². The van der Waals surface area contributed by atoms with Crippen molar-refractivity contribution < 1.29 is 14.3 Å². The van der Waals surface area contributed by atoms with Gasteiger partial charge in [0.15, 0.2) is 11.5 Å². The molecule has 0 saturated heterocycles. The number of carbonyl (C=O) groups excluding carboxylic acids is 1. The fourth-order valence-electron chi connectivity index (χ4n) is 3.22. The Morgan fingerprint density at radius 3 is 2.76 bits per heavy atom. The highest BCUT2D eigenvalue weighted by atomic mass is 35.5. The summed E-state index contributed by atoms with van der Waals surface area (Å²) in [6.07, 6.45) is 1.89. The van der Waals surface area contributed by atoms with Crippen LogP contribution in [-0.4, -0.2) is 30.1 Å². The molecule has 1 amide bonds. The molecule has 0 fully saturated rings. The third-order valence-corrected chi connectivity index (χ3v) is 4.86. The molecule has 2 N–H and O–H groups in total. The fourth-order valence-corrected chi connectivity index (χ4v) is 3.39. The summed E-state index contributed by atoms with van der Waals surface area (Å²) in [5, 5.41) is 6.65. The van der Waals surface area contributed by atoms with Gasteiger partial charge in [-0.3, -0.25) is 4.79 Å². The third kappa shape index (κ3) is 3.95. The monoisotopic (exact) mass is 410 g/mol. The smallest absolute Gasteiger partial charge is 0.228 e. The summed E-state index contributed by atoms with van der Waals surface area (Å²) in [5.41, 5.74) is 3.92. The maximum absolute atomic E-state index is 12.2. The van der Waals surface area contributed by atoms with Gasteiger partial charge in [-0.15, -0.1) is 0 Å². The van der Waals surface area contributed by atoms with Gasteiger partial charge >= 0.3 is 0 Å². The van der Waals surface area contributed by atoms with Crippen LogP contribution in [0.5, 0.6) is 11.5 Å². The Bertz CT molecular complexity index is 1090. The molecule has 4 rings (SSSR count). The van der Waals surface area contributed by atoms with E-state index in [1.54, 1.807) is 32.5 Å². The summed E-state index contributed by atoms with van der Waals surface area (Å²) in [6.45, 7) is 0.504. The number of carbonyl (C=O) groups is 1. The molecule has 1 aliphatic heterocycles. The third-order valence-electron chi connectivity index (χ3n) is 4.62. The summed E-state index contributed by atoms with van der Waals surface area (Å²) in [5.74, 6) is 1.67. The normalized spacial score (nSPS) is 12.3. The molecule has 0 spiro atoms. The number of hydrogen-bond donors (Lipinski definition) is 2. The van der Waals surface area contributed by atoms with Gasteiger partial charge in [-0.2, -0.15) is 0 Å². The van der Waals surface area contributed by atoms with Gasteiger partial charge in [0.2, 0.25) is 11.9 Å². The molecule has 8 heteroatoms. The lowest BCUT2D eigenvalue weighted by atomic mass is 10.1. The van der Waals surface area contributed by atoms with Crippen LogP contribution >= 0.6 is 11.6 Å². The first-order valence-corrected chi connectivity index (χ1v) is 9.35. The SMILES string of the molecule is COc1ccc(CNc2ncc3c(n2)-c2ccc(Cl)cc2NC(=O)C3)cc1OC. The number of halogens is 1. The molecular formula is C21H19ClN4O3. The van der Waals surface area contributed by atoms with E-state index in [1.807, 2.05) is 24.3 Å². The second-order valence-corrected chi connectivity index (χ2v) is 6.96. The number of amides is 1. The predicted molar refractivity (Wildman–Crippen MR) is 112 cm³/mol. The molecule has 1 aromatic heterocycles. The van der Waals surface area contributed by atoms with Crippen molar-refractivity contribution in [1.82, 2.24) is 9.97 Å². The lowest BCUT2D eigenvalue weighted by Gasteiger charge is -2.12. The minimum Gasteiger partial charge on any atom is -0.493 e. The number of anilines is 2. The molecule has 3 aromatic rings. The molecule has 0 atom stereocenters. The largest absolute Gasteiger partial charge is 0.493 e. The van der Waals surface area contributed by atoms with E-state index in [2.05, 4.69) is 20.6 Å². The number of benzene rings is 2. The Morgan fingerprint density at radius 1 is 1.14 bits per heavy atom. The van der Waals surface area contributed by atoms with Crippen molar-refractivity contribution in [2.45, 2.75) is 13.0 Å². The highest BCUT2D eigenvalue weighted by Gasteiger charge is 2.21. The number of fused-ring (bicyclic) bond motifs is 3. The average molecular weight is 411 g/mol. The number of methoxy groups -OCH3 is 2. The van der Waals surface area contributed by atoms with Crippen LogP contribution in [0.25, 0.3) is 11.3 Å². The molecule has 148 valence electrons. The van der Waals surface area contributed by atoms with Crippen LogP contribution in [0.1, 0.15) is 11.1 Å². The van der Waals surface area contributed by atoms with Gasteiger partial charge in [0.05, 0.1) is 32.0 Å². The van der Waals surface area contributed by atoms with Crippen molar-refractivity contribution in [2.75, 3.05) is 24.9 Å². The standard InChI is InChI=1S/C21H19ClN4O3/c1-28-17-6-3-12(7-18(17)29-2)10-23-21-24-11-13-8-19(27)25-16-9-14(22)4-5-15(16)20(13)26-21/h3-7,9,11H,8,10H2,1-2H3,(H,25,27)(H,23,24,26). The summed E-state index contributed by atoms with van der Waals surface area (Å²) in [7, 11) is 3.20. The van der Waals surface area contributed by atoms with Crippen LogP contribution < -0.4 is 20.1 Å². The van der Waals surface area contributed by atoms with E-state index in [4.69, 9.17) is 21.1 Å². The fraction of sp³-hybridized carbons (Fsp3) is 0.190. The molecule has 1 aliphatic rings. The zero-order chi connectivity index (χ0) is 20.4. The van der Waals surface area contributed by atoms with Crippen LogP contribution in [-0.2, 0) is 17.8 Å². The van der Waals surface area contributed by atoms with Crippen molar-refractivity contribution >= 4 is 29.1 Å². The Balaban J connectivity index is 1.62. The molecular weight excluding hydrogens is 392 g/mol. The average Bonchev–Trinajstić information content (AvgIpc) is 2.86. The topological polar surface area (TPSA) is 85.4 Å². The van der Waals surface area contributed by atoms with Gasteiger partial charge in [0, 0.05) is 28.9 Å². The summed E-state index contributed by atoms with van der Waals surface area (Å²) < 4.78 is 10.6. The Hall–Kier alpha value is -3.32. The van der Waals surface area contributed by atoms with Crippen molar-refractivity contribution in [3.8, 4) is 22.8 Å². The second-order valence-electron chi connectivity index (χ2n) is 6.53. The Morgan fingerprint density at radius 2 is 1.97 bits per heavy atom. The van der Waals surface area contributed by atoms with E-state index in [9.17, 15) is 4.79 Å². The van der Waals surface area contributed by atoms with E-state index in [-0.39, 0.29) is 12.3 Å². The van der Waals surface area contributed by atoms with Crippen molar-refractivity contribution in [1.29, 1.82) is 0 Å². The van der Waals surface area contributed by atoms with Gasteiger partial charge < -0.3 is 20.1 Å². The molecule has 0 unspecified atom stereocenters. The minimum atomic E-state index is -0.123. The number of nitrogens with zero attached hydrogens (tertiary/aromatic N) is 2. The minimum absolute atomic E-state index is 0.123. The number of rotatable bonds is 5. The van der Waals surface area contributed by atoms with Crippen molar-refractivity contribution in [2.24, 2.45) is 0 Å². The van der Waals surface area contributed by atoms with Gasteiger partial charge in [-0.1, -0.05) is 17.7 Å². The first-order chi connectivity index (χ1) is 14.1. The molecule has 7 nitrogen and oxygen atoms in total. The summed E-state index contributed by atoms with van der Waals surface area (Å²) in [6, 6.07) is 11.0. The van der Waals surface area contributed by atoms with Crippen molar-refractivity contribution in [3.63, 3.8) is 0 Å². The highest BCUT2D eigenvalue weighted by molar-refractivity contribution is 6.31. The molecule has 2 aromatic carbocycles. The van der Waals surface area contributed by atoms with Gasteiger partial charge in [0.25, 0.3) is 0 Å². The van der Waals surface area contributed by atoms with Crippen LogP contribution in [0.3, 0.4) is 0 Å². The number of nitrogens with one attached hydrogen (secondary N) is 2. The molecule has 0 bridgehead atoms. The van der Waals surface area contributed by atoms with Crippen LogP contribution in [0.15, 0.2) is 42.6 Å². The first kappa shape index (κ1) is 19.0. The molecule has 2 heterocycles. The zero-order valence-corrected chi connectivity index (χ0v) is 16.7. The van der Waals surface area contributed by atoms with Crippen LogP contribution in [0, 0.1) is 0 Å². The predicted octanol–water partition coefficient (Wildman–Crippen LogP) is 3.92. The lowest BCUT2D eigenvalue weighted by molar-refractivity contribution is -0.115. The van der Waals surface area contributed by atoms with E-state index in [0.717, 1.165) is 16.7 Å². The molecule has 0 saturated carbocycles. The van der Waals surface area contributed by atoms with Crippen LogP contribution in [0.4, 0.5) is 11.6 Å². The van der Waals surface area contributed by atoms with E-state index < -0.39 is 0 Å². The Kier molecular flexibility index (Phi) is 5.22. The van der Waals surface area contributed by atoms with Crippen LogP contribution in [0.2, 0.25) is 5.02 Å². The van der Waals surface area contributed by atoms with E-state index in [0.29, 0.717) is 40.4 Å². The van der Waals surface area contributed by atoms with Gasteiger partial charge in [0.1, 0.15) is 0 Å². The quantitative estimate of drug-likeness (QED) is 0.663. The number of ether oxygens (including phenoxy) is 2.